The summed E-state index contributed by atoms with van der Waals surface area (Å²) >= 11 is 0. The van der Waals surface area contributed by atoms with Crippen LogP contribution in [-0.2, 0) is 6.42 Å². The number of aromatic nitrogens is 3. The lowest BCUT2D eigenvalue weighted by molar-refractivity contribution is 0.0741. The third kappa shape index (κ3) is 3.50. The van der Waals surface area contributed by atoms with Crippen molar-refractivity contribution >= 4 is 22.8 Å². The van der Waals surface area contributed by atoms with E-state index in [1.165, 1.54) is 0 Å². The number of carbonyl (C=O) groups is 1. The van der Waals surface area contributed by atoms with Gasteiger partial charge in [-0.15, -0.1) is 0 Å². The van der Waals surface area contributed by atoms with E-state index in [4.69, 9.17) is 5.26 Å². The summed E-state index contributed by atoms with van der Waals surface area (Å²) < 4.78 is 0. The maximum absolute atomic E-state index is 13.2. The van der Waals surface area contributed by atoms with E-state index in [-0.39, 0.29) is 11.3 Å². The highest BCUT2D eigenvalue weighted by atomic mass is 16.2. The van der Waals surface area contributed by atoms with Crippen LogP contribution in [0, 0.1) is 16.7 Å². The number of anilines is 1. The molecule has 152 valence electrons. The largest absolute Gasteiger partial charge is 0.354 e. The number of hydrogen-bond donors (Lipinski definition) is 1. The van der Waals surface area contributed by atoms with Crippen LogP contribution >= 0.6 is 0 Å². The highest BCUT2D eigenvalue weighted by molar-refractivity contribution is 5.94. The maximum Gasteiger partial charge on any atom is 0.253 e. The molecule has 1 amide bonds. The number of nitrogens with one attached hydrogen (secondary N) is 1. The fourth-order valence-electron chi connectivity index (χ4n) is 4.41. The second kappa shape index (κ2) is 7.45. The van der Waals surface area contributed by atoms with Crippen LogP contribution in [0.3, 0.4) is 0 Å². The van der Waals surface area contributed by atoms with Gasteiger partial charge in [0.05, 0.1) is 11.5 Å². The molecule has 0 radical (unpaired) electrons. The number of aryl methyl sites for hydroxylation is 1. The molecule has 0 bridgehead atoms. The average Bonchev–Trinajstić information content (AvgIpc) is 3.42. The SMILES string of the molecule is N#CCCc1ccc(C(=O)N2CCN(c3ncnc4[nH]ccc34)CC3(CC3)C2)cc1. The second-order valence-corrected chi connectivity index (χ2v) is 8.44. The minimum absolute atomic E-state index is 0.0874. The molecule has 1 saturated carbocycles. The van der Waals surface area contributed by atoms with E-state index in [9.17, 15) is 4.79 Å². The summed E-state index contributed by atoms with van der Waals surface area (Å²) in [4.78, 5) is 29.6. The highest BCUT2D eigenvalue weighted by Crippen LogP contribution is 2.48. The molecule has 2 fully saturated rings. The minimum Gasteiger partial charge on any atom is -0.354 e. The van der Waals surface area contributed by atoms with Crippen LogP contribution in [0.25, 0.3) is 11.0 Å². The minimum atomic E-state index is 0.0874. The van der Waals surface area contributed by atoms with Crippen LogP contribution < -0.4 is 4.90 Å². The van der Waals surface area contributed by atoms with Gasteiger partial charge < -0.3 is 14.8 Å². The lowest BCUT2D eigenvalue weighted by Gasteiger charge is -2.25. The molecule has 30 heavy (non-hydrogen) atoms. The van der Waals surface area contributed by atoms with Crippen molar-refractivity contribution in [3.05, 3.63) is 54.0 Å². The van der Waals surface area contributed by atoms with Gasteiger partial charge in [-0.25, -0.2) is 9.97 Å². The lowest BCUT2D eigenvalue weighted by Crippen LogP contribution is -2.36. The number of amides is 1. The summed E-state index contributed by atoms with van der Waals surface area (Å²) in [5.74, 6) is 1.04. The summed E-state index contributed by atoms with van der Waals surface area (Å²) in [6.07, 6.45) is 7.00. The van der Waals surface area contributed by atoms with Crippen LogP contribution in [0.1, 0.15) is 35.2 Å². The smallest absolute Gasteiger partial charge is 0.253 e. The molecule has 1 saturated heterocycles. The van der Waals surface area contributed by atoms with Crippen LogP contribution in [0.4, 0.5) is 5.82 Å². The van der Waals surface area contributed by atoms with E-state index in [2.05, 4.69) is 25.9 Å². The summed E-state index contributed by atoms with van der Waals surface area (Å²) in [6.45, 7) is 3.14. The van der Waals surface area contributed by atoms with E-state index in [1.807, 2.05) is 41.4 Å². The Morgan fingerprint density at radius 2 is 1.97 bits per heavy atom. The molecule has 7 nitrogen and oxygen atoms in total. The Hall–Kier alpha value is -3.40. The molecular weight excluding hydrogens is 376 g/mol. The Morgan fingerprint density at radius 1 is 1.13 bits per heavy atom. The number of fused-ring (bicyclic) bond motifs is 1. The predicted molar refractivity (Wildman–Crippen MR) is 114 cm³/mol. The standard InChI is InChI=1S/C23H24N6O/c24-10-1-2-17-3-5-18(6-4-17)22(30)29-13-12-28(14-23(15-29)8-9-23)21-19-7-11-25-20(19)26-16-27-21/h3-7,11,16H,1-2,8-9,12-15H2,(H,25,26,27). The quantitative estimate of drug-likeness (QED) is 0.727. The number of nitrogens with zero attached hydrogens (tertiary/aromatic N) is 5. The van der Waals surface area contributed by atoms with Gasteiger partial charge in [0.2, 0.25) is 0 Å². The molecule has 0 unspecified atom stereocenters. The number of hydrogen-bond acceptors (Lipinski definition) is 5. The summed E-state index contributed by atoms with van der Waals surface area (Å²) in [6, 6.07) is 11.9. The molecule has 5 rings (SSSR count). The van der Waals surface area contributed by atoms with Gasteiger partial charge in [-0.3, -0.25) is 4.79 Å². The topological polar surface area (TPSA) is 88.9 Å². The van der Waals surface area contributed by atoms with Crippen LogP contribution in [0.2, 0.25) is 0 Å². The molecule has 0 atom stereocenters. The van der Waals surface area contributed by atoms with Gasteiger partial charge in [-0.2, -0.15) is 5.26 Å². The molecule has 2 aromatic heterocycles. The fourth-order valence-corrected chi connectivity index (χ4v) is 4.41. The second-order valence-electron chi connectivity index (χ2n) is 8.44. The van der Waals surface area contributed by atoms with Crippen LogP contribution in [0.5, 0.6) is 0 Å². The Kier molecular flexibility index (Phi) is 4.62. The van der Waals surface area contributed by atoms with Gasteiger partial charge >= 0.3 is 0 Å². The number of aromatic amines is 1. The molecule has 3 heterocycles. The van der Waals surface area contributed by atoms with E-state index < -0.39 is 0 Å². The van der Waals surface area contributed by atoms with Gasteiger partial charge in [0.25, 0.3) is 5.91 Å². The van der Waals surface area contributed by atoms with Crippen molar-refractivity contribution in [1.82, 2.24) is 19.9 Å². The lowest BCUT2D eigenvalue weighted by atomic mass is 10.0. The third-order valence-electron chi connectivity index (χ3n) is 6.30. The van der Waals surface area contributed by atoms with Gasteiger partial charge in [0.15, 0.2) is 0 Å². The van der Waals surface area contributed by atoms with Crippen molar-refractivity contribution in [3.63, 3.8) is 0 Å². The molecule has 1 aliphatic heterocycles. The van der Waals surface area contributed by atoms with Gasteiger partial charge in [0, 0.05) is 49.8 Å². The number of H-pyrrole nitrogens is 1. The van der Waals surface area contributed by atoms with E-state index in [0.717, 1.165) is 66.9 Å². The maximum atomic E-state index is 13.2. The Labute approximate surface area is 175 Å². The van der Waals surface area contributed by atoms with Gasteiger partial charge in [-0.1, -0.05) is 12.1 Å². The molecule has 3 aromatic rings. The first-order valence-electron chi connectivity index (χ1n) is 10.5. The number of rotatable bonds is 4. The summed E-state index contributed by atoms with van der Waals surface area (Å²) in [5, 5.41) is 9.78. The van der Waals surface area contributed by atoms with Crippen LogP contribution in [0.15, 0.2) is 42.9 Å². The number of nitriles is 1. The molecule has 1 spiro atoms. The van der Waals surface area contributed by atoms with Crippen molar-refractivity contribution < 1.29 is 4.79 Å². The van der Waals surface area contributed by atoms with Gasteiger partial charge in [0.1, 0.15) is 17.8 Å². The zero-order chi connectivity index (χ0) is 20.6. The van der Waals surface area contributed by atoms with Crippen molar-refractivity contribution in [2.45, 2.75) is 25.7 Å². The van der Waals surface area contributed by atoms with Crippen molar-refractivity contribution in [2.24, 2.45) is 5.41 Å². The Morgan fingerprint density at radius 3 is 2.73 bits per heavy atom. The first-order chi connectivity index (χ1) is 14.7. The van der Waals surface area contributed by atoms with E-state index in [1.54, 1.807) is 6.33 Å². The van der Waals surface area contributed by atoms with Crippen molar-refractivity contribution in [3.8, 4) is 6.07 Å². The zero-order valence-electron chi connectivity index (χ0n) is 16.8. The summed E-state index contributed by atoms with van der Waals surface area (Å²) in [7, 11) is 0. The highest BCUT2D eigenvalue weighted by Gasteiger charge is 2.48. The van der Waals surface area contributed by atoms with E-state index in [0.29, 0.717) is 13.0 Å². The number of carbonyl (C=O) groups excluding carboxylic acids is 1. The molecule has 1 N–H and O–H groups in total. The molecule has 7 heteroatoms. The van der Waals surface area contributed by atoms with Gasteiger partial charge in [-0.05, 0) is 43.0 Å². The Balaban J connectivity index is 1.35. The monoisotopic (exact) mass is 400 g/mol. The summed E-state index contributed by atoms with van der Waals surface area (Å²) in [5.41, 5.74) is 2.81. The zero-order valence-corrected chi connectivity index (χ0v) is 16.8. The Bertz CT molecular complexity index is 1110. The molecule has 2 aliphatic rings. The number of benzene rings is 1. The fraction of sp³-hybridized carbons (Fsp3) is 0.391. The van der Waals surface area contributed by atoms with Crippen LogP contribution in [-0.4, -0.2) is 51.9 Å². The van der Waals surface area contributed by atoms with Crippen molar-refractivity contribution in [1.29, 1.82) is 5.26 Å². The molecule has 1 aliphatic carbocycles. The van der Waals surface area contributed by atoms with E-state index >= 15 is 0 Å². The van der Waals surface area contributed by atoms with Crippen molar-refractivity contribution in [2.75, 3.05) is 31.1 Å². The first kappa shape index (κ1) is 18.6. The third-order valence-corrected chi connectivity index (χ3v) is 6.30. The normalized spacial score (nSPS) is 17.7. The molecule has 1 aromatic carbocycles. The first-order valence-corrected chi connectivity index (χ1v) is 10.5. The average molecular weight is 400 g/mol. The molecular formula is C23H24N6O. The predicted octanol–water partition coefficient (Wildman–Crippen LogP) is 3.16.